The average Bonchev–Trinajstić information content (AvgIpc) is 2.27. The van der Waals surface area contributed by atoms with Crippen molar-refractivity contribution in [1.82, 2.24) is 0 Å². The van der Waals surface area contributed by atoms with Gasteiger partial charge in [0.05, 0.1) is 5.92 Å². The molecule has 0 fully saturated rings. The fraction of sp³-hybridized carbons (Fsp3) is 0.417. The normalized spacial score (nSPS) is 19.8. The summed E-state index contributed by atoms with van der Waals surface area (Å²) in [5.41, 5.74) is 2.04. The summed E-state index contributed by atoms with van der Waals surface area (Å²) >= 11 is 0. The summed E-state index contributed by atoms with van der Waals surface area (Å²) in [6, 6.07) is 7.81. The molecule has 1 N–H and O–H groups in total. The molecule has 0 amide bonds. The van der Waals surface area contributed by atoms with Crippen LogP contribution < -0.4 is 4.90 Å². The highest BCUT2D eigenvalue weighted by molar-refractivity contribution is 5.80. The molecule has 0 saturated carbocycles. The first kappa shape index (κ1) is 10.0. The maximum Gasteiger partial charge on any atom is 0.311 e. The summed E-state index contributed by atoms with van der Waals surface area (Å²) in [5.74, 6) is -1.04. The summed E-state index contributed by atoms with van der Waals surface area (Å²) in [4.78, 5) is 13.3. The van der Waals surface area contributed by atoms with Crippen molar-refractivity contribution in [2.75, 3.05) is 18.0 Å². The number of hydrogen-bond acceptors (Lipinski definition) is 2. The molecule has 1 aliphatic rings. The van der Waals surface area contributed by atoms with E-state index >= 15 is 0 Å². The zero-order chi connectivity index (χ0) is 10.8. The van der Waals surface area contributed by atoms with E-state index in [-0.39, 0.29) is 5.92 Å². The van der Waals surface area contributed by atoms with E-state index in [1.165, 1.54) is 0 Å². The molecule has 1 atom stereocenters. The Morgan fingerprint density at radius 3 is 2.93 bits per heavy atom. The number of hydrogen-bond donors (Lipinski definition) is 1. The number of para-hydroxylation sites is 1. The summed E-state index contributed by atoms with van der Waals surface area (Å²) in [6.45, 7) is 3.87. The van der Waals surface area contributed by atoms with Crippen molar-refractivity contribution in [3.63, 3.8) is 0 Å². The van der Waals surface area contributed by atoms with Gasteiger partial charge in [0, 0.05) is 18.8 Å². The molecule has 0 aliphatic carbocycles. The zero-order valence-corrected chi connectivity index (χ0v) is 8.81. The van der Waals surface area contributed by atoms with Crippen molar-refractivity contribution in [2.24, 2.45) is 0 Å². The molecule has 1 aromatic rings. The van der Waals surface area contributed by atoms with E-state index in [0.29, 0.717) is 6.42 Å². The van der Waals surface area contributed by atoms with Crippen molar-refractivity contribution in [1.29, 1.82) is 0 Å². The van der Waals surface area contributed by atoms with Gasteiger partial charge in [-0.15, -0.1) is 0 Å². The Hall–Kier alpha value is -1.51. The third-order valence-electron chi connectivity index (χ3n) is 3.02. The van der Waals surface area contributed by atoms with Gasteiger partial charge in [-0.05, 0) is 25.0 Å². The molecule has 15 heavy (non-hydrogen) atoms. The second kappa shape index (κ2) is 3.93. The largest absolute Gasteiger partial charge is 0.481 e. The maximum atomic E-state index is 11.1. The first-order chi connectivity index (χ1) is 7.24. The highest BCUT2D eigenvalue weighted by Crippen LogP contribution is 2.34. The van der Waals surface area contributed by atoms with Crippen LogP contribution in [0.2, 0.25) is 0 Å². The molecule has 1 aromatic carbocycles. The van der Waals surface area contributed by atoms with Gasteiger partial charge in [-0.2, -0.15) is 0 Å². The monoisotopic (exact) mass is 205 g/mol. The third kappa shape index (κ3) is 1.69. The fourth-order valence-electron chi connectivity index (χ4n) is 2.22. The molecular weight excluding hydrogens is 190 g/mol. The van der Waals surface area contributed by atoms with Gasteiger partial charge in [-0.1, -0.05) is 18.2 Å². The number of fused-ring (bicyclic) bond motifs is 1. The fourth-order valence-corrected chi connectivity index (χ4v) is 2.22. The molecule has 0 saturated heterocycles. The summed E-state index contributed by atoms with van der Waals surface area (Å²) < 4.78 is 0. The van der Waals surface area contributed by atoms with Crippen LogP contribution in [-0.4, -0.2) is 24.2 Å². The maximum absolute atomic E-state index is 11.1. The van der Waals surface area contributed by atoms with Crippen molar-refractivity contribution in [3.8, 4) is 0 Å². The van der Waals surface area contributed by atoms with Gasteiger partial charge in [0.15, 0.2) is 0 Å². The Morgan fingerprint density at radius 1 is 1.53 bits per heavy atom. The van der Waals surface area contributed by atoms with Crippen molar-refractivity contribution < 1.29 is 9.90 Å². The Kier molecular flexibility index (Phi) is 2.62. The minimum Gasteiger partial charge on any atom is -0.481 e. The summed E-state index contributed by atoms with van der Waals surface area (Å²) in [7, 11) is 0. The van der Waals surface area contributed by atoms with E-state index < -0.39 is 5.97 Å². The molecule has 1 aliphatic heterocycles. The van der Waals surface area contributed by atoms with Crippen LogP contribution in [0.25, 0.3) is 0 Å². The molecule has 1 heterocycles. The molecular formula is C12H15NO2. The predicted molar refractivity (Wildman–Crippen MR) is 59.3 cm³/mol. The topological polar surface area (TPSA) is 40.5 Å². The van der Waals surface area contributed by atoms with Gasteiger partial charge >= 0.3 is 5.97 Å². The third-order valence-corrected chi connectivity index (χ3v) is 3.02. The van der Waals surface area contributed by atoms with Gasteiger partial charge in [-0.3, -0.25) is 4.79 Å². The van der Waals surface area contributed by atoms with E-state index in [9.17, 15) is 4.79 Å². The first-order valence-electron chi connectivity index (χ1n) is 5.30. The minimum absolute atomic E-state index is 0.330. The minimum atomic E-state index is -0.710. The molecule has 0 radical (unpaired) electrons. The molecule has 1 unspecified atom stereocenters. The van der Waals surface area contributed by atoms with Gasteiger partial charge in [0.1, 0.15) is 0 Å². The number of benzene rings is 1. The Labute approximate surface area is 89.3 Å². The predicted octanol–water partition coefficient (Wildman–Crippen LogP) is 2.08. The number of anilines is 1. The van der Waals surface area contributed by atoms with E-state index in [0.717, 1.165) is 24.3 Å². The van der Waals surface area contributed by atoms with Gasteiger partial charge < -0.3 is 10.0 Å². The highest BCUT2D eigenvalue weighted by atomic mass is 16.4. The van der Waals surface area contributed by atoms with Crippen molar-refractivity contribution in [3.05, 3.63) is 29.8 Å². The number of carboxylic acid groups (broad SMARTS) is 1. The van der Waals surface area contributed by atoms with Crippen LogP contribution in [0.4, 0.5) is 5.69 Å². The van der Waals surface area contributed by atoms with Crippen LogP contribution in [0.5, 0.6) is 0 Å². The molecule has 80 valence electrons. The quantitative estimate of drug-likeness (QED) is 0.803. The van der Waals surface area contributed by atoms with E-state index in [2.05, 4.69) is 11.8 Å². The number of carboxylic acids is 1. The van der Waals surface area contributed by atoms with E-state index in [1.54, 1.807) is 0 Å². The molecule has 2 rings (SSSR count). The van der Waals surface area contributed by atoms with E-state index in [1.807, 2.05) is 24.3 Å². The number of carbonyl (C=O) groups is 1. The lowest BCUT2D eigenvalue weighted by Crippen LogP contribution is -2.33. The standard InChI is InChI=1S/C12H15NO2/c1-2-13-8-7-10(12(14)15)9-5-3-4-6-11(9)13/h3-6,10H,2,7-8H2,1H3,(H,14,15). The van der Waals surface area contributed by atoms with Crippen LogP contribution in [0.3, 0.4) is 0 Å². The molecule has 3 heteroatoms. The Morgan fingerprint density at radius 2 is 2.27 bits per heavy atom. The lowest BCUT2D eigenvalue weighted by molar-refractivity contribution is -0.139. The summed E-state index contributed by atoms with van der Waals surface area (Å²) in [5, 5.41) is 9.13. The second-order valence-corrected chi connectivity index (χ2v) is 3.82. The van der Waals surface area contributed by atoms with Gasteiger partial charge in [0.25, 0.3) is 0 Å². The molecule has 0 bridgehead atoms. The lowest BCUT2D eigenvalue weighted by Gasteiger charge is -2.33. The SMILES string of the molecule is CCN1CCC(C(=O)O)c2ccccc21. The number of rotatable bonds is 2. The van der Waals surface area contributed by atoms with Crippen molar-refractivity contribution in [2.45, 2.75) is 19.3 Å². The van der Waals surface area contributed by atoms with Gasteiger partial charge in [0.2, 0.25) is 0 Å². The average molecular weight is 205 g/mol. The Balaban J connectivity index is 2.43. The molecule has 0 spiro atoms. The van der Waals surface area contributed by atoms with Crippen LogP contribution in [0, 0.1) is 0 Å². The van der Waals surface area contributed by atoms with Crippen LogP contribution in [0.1, 0.15) is 24.8 Å². The van der Waals surface area contributed by atoms with E-state index in [4.69, 9.17) is 5.11 Å². The zero-order valence-electron chi connectivity index (χ0n) is 8.81. The number of nitrogens with zero attached hydrogens (tertiary/aromatic N) is 1. The van der Waals surface area contributed by atoms with Crippen LogP contribution in [-0.2, 0) is 4.79 Å². The smallest absolute Gasteiger partial charge is 0.311 e. The Bertz CT molecular complexity index is 376. The van der Waals surface area contributed by atoms with Crippen LogP contribution >= 0.6 is 0 Å². The lowest BCUT2D eigenvalue weighted by atomic mass is 9.90. The molecule has 3 nitrogen and oxygen atoms in total. The second-order valence-electron chi connectivity index (χ2n) is 3.82. The molecule has 0 aromatic heterocycles. The van der Waals surface area contributed by atoms with Crippen molar-refractivity contribution >= 4 is 11.7 Å². The highest BCUT2D eigenvalue weighted by Gasteiger charge is 2.28. The summed E-state index contributed by atoms with van der Waals surface area (Å²) in [6.07, 6.45) is 0.709. The van der Waals surface area contributed by atoms with Gasteiger partial charge in [-0.25, -0.2) is 0 Å². The number of aliphatic carboxylic acids is 1. The van der Waals surface area contributed by atoms with Crippen LogP contribution in [0.15, 0.2) is 24.3 Å². The first-order valence-corrected chi connectivity index (χ1v) is 5.30.